The molecule has 1 aromatic heterocycles. The molecule has 0 fully saturated rings. The Morgan fingerprint density at radius 3 is 2.86 bits per heavy atom. The minimum absolute atomic E-state index is 0.116. The monoisotopic (exact) mass is 348 g/mol. The van der Waals surface area contributed by atoms with Crippen LogP contribution < -0.4 is 15.4 Å². The molecule has 1 unspecified atom stereocenters. The fourth-order valence-electron chi connectivity index (χ4n) is 1.68. The molecule has 22 heavy (non-hydrogen) atoms. The molecule has 7 nitrogen and oxygen atoms in total. The van der Waals surface area contributed by atoms with Crippen LogP contribution in [0, 0.1) is 0 Å². The summed E-state index contributed by atoms with van der Waals surface area (Å²) in [6.07, 6.45) is 0. The number of thiophene rings is 1. The normalized spacial score (nSPS) is 13.9. The van der Waals surface area contributed by atoms with E-state index in [1.807, 2.05) is 13.8 Å². The van der Waals surface area contributed by atoms with Gasteiger partial charge in [-0.15, -0.1) is 11.3 Å². The predicted molar refractivity (Wildman–Crippen MR) is 90.0 cm³/mol. The molecular weight excluding hydrogens is 324 g/mol. The Hall–Kier alpha value is -1.16. The molecule has 1 heterocycles. The summed E-state index contributed by atoms with van der Waals surface area (Å²) in [5, 5.41) is 8.02. The molecule has 0 aromatic carbocycles. The number of nitrogens with one attached hydrogen (secondary N) is 3. The van der Waals surface area contributed by atoms with Gasteiger partial charge in [-0.25, -0.2) is 13.1 Å². The summed E-state index contributed by atoms with van der Waals surface area (Å²) in [7, 11) is -1.78. The van der Waals surface area contributed by atoms with Crippen molar-refractivity contribution in [3.63, 3.8) is 0 Å². The van der Waals surface area contributed by atoms with Gasteiger partial charge in [0.2, 0.25) is 10.0 Å². The Labute approximate surface area is 136 Å². The van der Waals surface area contributed by atoms with Gasteiger partial charge in [-0.1, -0.05) is 6.07 Å². The lowest BCUT2D eigenvalue weighted by molar-refractivity contribution is 0.179. The van der Waals surface area contributed by atoms with Crippen LogP contribution in [0.4, 0.5) is 0 Å². The van der Waals surface area contributed by atoms with E-state index in [1.54, 1.807) is 24.6 Å². The number of nitrogens with zero attached hydrogens (tertiary/aromatic N) is 1. The third kappa shape index (κ3) is 6.73. The van der Waals surface area contributed by atoms with Crippen LogP contribution in [0.25, 0.3) is 0 Å². The topological polar surface area (TPSA) is 91.8 Å². The number of guanidine groups is 1. The summed E-state index contributed by atoms with van der Waals surface area (Å²) < 4.78 is 31.8. The largest absolute Gasteiger partial charge is 0.383 e. The number of hydrogen-bond acceptors (Lipinski definition) is 5. The lowest BCUT2D eigenvalue weighted by Crippen LogP contribution is -2.44. The van der Waals surface area contributed by atoms with Gasteiger partial charge in [0.15, 0.2) is 5.96 Å². The van der Waals surface area contributed by atoms with Crippen molar-refractivity contribution in [3.05, 3.63) is 17.5 Å². The third-order valence-corrected chi connectivity index (χ3v) is 5.44. The summed E-state index contributed by atoms with van der Waals surface area (Å²) >= 11 is 1.19. The van der Waals surface area contributed by atoms with E-state index in [-0.39, 0.29) is 12.6 Å². The van der Waals surface area contributed by atoms with Crippen LogP contribution in [0.3, 0.4) is 0 Å². The zero-order valence-electron chi connectivity index (χ0n) is 13.1. The van der Waals surface area contributed by atoms with Crippen LogP contribution in [0.15, 0.2) is 26.7 Å². The van der Waals surface area contributed by atoms with Crippen molar-refractivity contribution < 1.29 is 13.2 Å². The molecule has 0 radical (unpaired) electrons. The summed E-state index contributed by atoms with van der Waals surface area (Å²) in [5.74, 6) is 0.641. The van der Waals surface area contributed by atoms with E-state index in [1.165, 1.54) is 11.3 Å². The molecule has 1 rings (SSSR count). The molecule has 1 aromatic rings. The van der Waals surface area contributed by atoms with Gasteiger partial charge in [-0.2, -0.15) is 0 Å². The number of sulfonamides is 1. The lowest BCUT2D eigenvalue weighted by atomic mass is 10.4. The second-order valence-corrected chi connectivity index (χ2v) is 7.53. The highest BCUT2D eigenvalue weighted by atomic mass is 32.2. The van der Waals surface area contributed by atoms with Crippen molar-refractivity contribution >= 4 is 27.3 Å². The summed E-state index contributed by atoms with van der Waals surface area (Å²) in [6, 6.07) is 3.40. The smallest absolute Gasteiger partial charge is 0.250 e. The van der Waals surface area contributed by atoms with E-state index in [0.717, 1.165) is 6.54 Å². The van der Waals surface area contributed by atoms with Crippen molar-refractivity contribution in [2.24, 2.45) is 4.99 Å². The van der Waals surface area contributed by atoms with Crippen LogP contribution in [0.1, 0.15) is 13.8 Å². The molecule has 0 aliphatic heterocycles. The molecule has 9 heteroatoms. The van der Waals surface area contributed by atoms with Gasteiger partial charge in [-0.3, -0.25) is 4.99 Å². The third-order valence-electron chi connectivity index (χ3n) is 2.58. The second-order valence-electron chi connectivity index (χ2n) is 4.59. The fraction of sp³-hybridized carbons (Fsp3) is 0.615. The highest BCUT2D eigenvalue weighted by molar-refractivity contribution is 7.91. The zero-order valence-corrected chi connectivity index (χ0v) is 14.8. The molecule has 1 atom stereocenters. The molecule has 0 saturated carbocycles. The second kappa shape index (κ2) is 9.78. The first-order valence-corrected chi connectivity index (χ1v) is 9.42. The minimum Gasteiger partial charge on any atom is -0.383 e. The summed E-state index contributed by atoms with van der Waals surface area (Å²) in [5.41, 5.74) is 0. The number of aliphatic imine (C=N–C) groups is 1. The lowest BCUT2D eigenvalue weighted by Gasteiger charge is -2.17. The van der Waals surface area contributed by atoms with E-state index in [2.05, 4.69) is 20.3 Å². The molecule has 0 amide bonds. The predicted octanol–water partition coefficient (Wildman–Crippen LogP) is 0.616. The molecule has 0 spiro atoms. The SMILES string of the molecule is CCNC(=NCCNS(=O)(=O)c1cccs1)NC(C)COC. The maximum Gasteiger partial charge on any atom is 0.250 e. The van der Waals surface area contributed by atoms with Gasteiger partial charge in [-0.05, 0) is 25.3 Å². The zero-order chi connectivity index (χ0) is 16.4. The van der Waals surface area contributed by atoms with Crippen LogP contribution >= 0.6 is 11.3 Å². The molecular formula is C13H24N4O3S2. The fourth-order valence-corrected chi connectivity index (χ4v) is 3.74. The van der Waals surface area contributed by atoms with Crippen LogP contribution in [-0.2, 0) is 14.8 Å². The summed E-state index contributed by atoms with van der Waals surface area (Å²) in [4.78, 5) is 4.34. The Bertz CT molecular complexity index is 544. The molecule has 3 N–H and O–H groups in total. The van der Waals surface area contributed by atoms with Crippen molar-refractivity contribution in [1.29, 1.82) is 0 Å². The Kier molecular flexibility index (Phi) is 8.39. The average molecular weight is 348 g/mol. The molecule has 0 bridgehead atoms. The van der Waals surface area contributed by atoms with Gasteiger partial charge in [0.1, 0.15) is 4.21 Å². The van der Waals surface area contributed by atoms with E-state index in [9.17, 15) is 8.42 Å². The van der Waals surface area contributed by atoms with Crippen molar-refractivity contribution in [3.8, 4) is 0 Å². The standard InChI is InChI=1S/C13H24N4O3S2/c1-4-14-13(17-11(2)10-20-3)15-7-8-16-22(18,19)12-6-5-9-21-12/h5-6,9,11,16H,4,7-8,10H2,1-3H3,(H2,14,15,17). The van der Waals surface area contributed by atoms with Gasteiger partial charge < -0.3 is 15.4 Å². The first kappa shape index (κ1) is 18.9. The maximum atomic E-state index is 11.9. The molecule has 0 aliphatic carbocycles. The van der Waals surface area contributed by atoms with Gasteiger partial charge in [0, 0.05) is 26.2 Å². The van der Waals surface area contributed by atoms with E-state index < -0.39 is 10.0 Å². The first-order chi connectivity index (χ1) is 10.5. The van der Waals surface area contributed by atoms with E-state index in [4.69, 9.17) is 4.74 Å². The highest BCUT2D eigenvalue weighted by Gasteiger charge is 2.13. The number of methoxy groups -OCH3 is 1. The quantitative estimate of drug-likeness (QED) is 0.346. The highest BCUT2D eigenvalue weighted by Crippen LogP contribution is 2.14. The van der Waals surface area contributed by atoms with Crippen LogP contribution in [0.5, 0.6) is 0 Å². The molecule has 0 saturated heterocycles. The van der Waals surface area contributed by atoms with Crippen molar-refractivity contribution in [1.82, 2.24) is 15.4 Å². The van der Waals surface area contributed by atoms with E-state index in [0.29, 0.717) is 23.3 Å². The van der Waals surface area contributed by atoms with E-state index >= 15 is 0 Å². The van der Waals surface area contributed by atoms with Crippen LogP contribution in [0.2, 0.25) is 0 Å². The average Bonchev–Trinajstić information content (AvgIpc) is 2.99. The Morgan fingerprint density at radius 2 is 2.27 bits per heavy atom. The van der Waals surface area contributed by atoms with Crippen molar-refractivity contribution in [2.75, 3.05) is 33.4 Å². The van der Waals surface area contributed by atoms with Gasteiger partial charge >= 0.3 is 0 Å². The molecule has 0 aliphatic rings. The Morgan fingerprint density at radius 1 is 1.50 bits per heavy atom. The maximum absolute atomic E-state index is 11.9. The van der Waals surface area contributed by atoms with Crippen LogP contribution in [-0.4, -0.2) is 53.8 Å². The summed E-state index contributed by atoms with van der Waals surface area (Å²) in [6.45, 7) is 5.84. The van der Waals surface area contributed by atoms with Crippen molar-refractivity contribution in [2.45, 2.75) is 24.1 Å². The number of ether oxygens (including phenoxy) is 1. The minimum atomic E-state index is -3.42. The van der Waals surface area contributed by atoms with Gasteiger partial charge in [0.25, 0.3) is 0 Å². The number of rotatable bonds is 9. The number of hydrogen-bond donors (Lipinski definition) is 3. The molecule has 126 valence electrons. The first-order valence-electron chi connectivity index (χ1n) is 7.06. The van der Waals surface area contributed by atoms with Gasteiger partial charge in [0.05, 0.1) is 13.2 Å². The Balaban J connectivity index is 2.47.